The molecule has 8 aliphatic rings. The van der Waals surface area contributed by atoms with Gasteiger partial charge in [0.1, 0.15) is 61.0 Å². The van der Waals surface area contributed by atoms with Crippen molar-refractivity contribution in [3.8, 4) is 0 Å². The Hall–Kier alpha value is -1.51. The van der Waals surface area contributed by atoms with E-state index in [1.54, 1.807) is 0 Å². The summed E-state index contributed by atoms with van der Waals surface area (Å²) in [6.45, 7) is 12.8. The second-order valence-corrected chi connectivity index (χ2v) is 23.3. The molecule has 0 bridgehead atoms. The Bertz CT molecular complexity index is 1850. The highest BCUT2D eigenvalue weighted by Crippen LogP contribution is 2.76. The second-order valence-electron chi connectivity index (χ2n) is 23.3. The van der Waals surface area contributed by atoms with Gasteiger partial charge in [-0.3, -0.25) is 0 Å². The van der Waals surface area contributed by atoms with Gasteiger partial charge < -0.3 is 94.8 Å². The summed E-state index contributed by atoms with van der Waals surface area (Å²) in [5.74, 6) is -1.90. The molecule has 8 rings (SSSR count). The van der Waals surface area contributed by atoms with Gasteiger partial charge in [0, 0.05) is 0 Å². The number of aliphatic hydroxyl groups excluding tert-OH is 12. The summed E-state index contributed by atoms with van der Waals surface area (Å²) >= 11 is 0. The molecule has 0 amide bonds. The first-order valence-electron chi connectivity index (χ1n) is 24.0. The van der Waals surface area contributed by atoms with Crippen LogP contribution in [0.4, 0.5) is 0 Å². The number of rotatable bonds is 10. The molecular formula is C47H76O20. The van der Waals surface area contributed by atoms with Gasteiger partial charge in [-0.25, -0.2) is 4.79 Å². The summed E-state index contributed by atoms with van der Waals surface area (Å²) in [5.41, 5.74) is -2.74. The van der Waals surface area contributed by atoms with Crippen molar-refractivity contribution >= 4 is 5.97 Å². The molecule has 67 heavy (non-hydrogen) atoms. The fraction of sp³-hybridized carbons (Fsp3) is 0.936. The van der Waals surface area contributed by atoms with Gasteiger partial charge in [0.2, 0.25) is 0 Å². The van der Waals surface area contributed by atoms with E-state index in [1.165, 1.54) is 0 Å². The number of ether oxygens (including phenoxy) is 6. The van der Waals surface area contributed by atoms with E-state index >= 15 is 0 Å². The fourth-order valence-corrected chi connectivity index (χ4v) is 15.2. The number of hydrogen-bond acceptors (Lipinski definition) is 19. The average molecular weight is 961 g/mol. The summed E-state index contributed by atoms with van der Waals surface area (Å²) < 4.78 is 36.3. The van der Waals surface area contributed by atoms with Gasteiger partial charge in [-0.2, -0.15) is 0 Å². The third-order valence-corrected chi connectivity index (χ3v) is 19.3. The molecule has 0 aromatic carbocycles. The van der Waals surface area contributed by atoms with Crippen LogP contribution in [-0.4, -0.2) is 203 Å². The normalized spacial score (nSPS) is 54.8. The molecule has 384 valence electrons. The van der Waals surface area contributed by atoms with Crippen molar-refractivity contribution in [2.45, 2.75) is 204 Å². The number of allylic oxidation sites excluding steroid dienone is 2. The number of carboxylic acids is 1. The topological polar surface area (TPSA) is 335 Å². The fourth-order valence-electron chi connectivity index (χ4n) is 15.2. The Morgan fingerprint density at radius 1 is 0.657 bits per heavy atom. The maximum Gasteiger partial charge on any atom is 0.335 e. The highest BCUT2D eigenvalue weighted by atomic mass is 16.8. The van der Waals surface area contributed by atoms with Gasteiger partial charge in [0.25, 0.3) is 0 Å². The van der Waals surface area contributed by atoms with Crippen molar-refractivity contribution in [1.82, 2.24) is 0 Å². The first kappa shape index (κ1) is 51.8. The number of aliphatic hydroxyl groups is 12. The highest BCUT2D eigenvalue weighted by Gasteiger charge is 2.72. The third kappa shape index (κ3) is 7.65. The molecule has 0 spiro atoms. The molecule has 25 unspecified atom stereocenters. The lowest BCUT2D eigenvalue weighted by Crippen LogP contribution is -2.71. The quantitative estimate of drug-likeness (QED) is 0.0854. The summed E-state index contributed by atoms with van der Waals surface area (Å²) in [6.07, 6.45) is -22.7. The number of aliphatic carboxylic acids is 1. The van der Waals surface area contributed by atoms with E-state index in [0.29, 0.717) is 32.1 Å². The van der Waals surface area contributed by atoms with Crippen molar-refractivity contribution in [3.05, 3.63) is 11.6 Å². The first-order chi connectivity index (χ1) is 31.2. The maximum absolute atomic E-state index is 12.8. The van der Waals surface area contributed by atoms with E-state index in [1.807, 2.05) is 13.8 Å². The van der Waals surface area contributed by atoms with Crippen molar-refractivity contribution < 1.29 is 99.6 Å². The Morgan fingerprint density at radius 3 is 1.82 bits per heavy atom. The molecule has 25 atom stereocenters. The van der Waals surface area contributed by atoms with Crippen LogP contribution in [0, 0.1) is 50.2 Å². The predicted molar refractivity (Wildman–Crippen MR) is 229 cm³/mol. The molecule has 3 saturated heterocycles. The lowest BCUT2D eigenvalue weighted by Gasteiger charge is -2.72. The van der Waals surface area contributed by atoms with Crippen LogP contribution >= 0.6 is 0 Å². The zero-order valence-corrected chi connectivity index (χ0v) is 39.4. The summed E-state index contributed by atoms with van der Waals surface area (Å²) in [6, 6.07) is 0. The molecule has 0 radical (unpaired) electrons. The molecule has 5 aliphatic carbocycles. The Balaban J connectivity index is 1.11. The van der Waals surface area contributed by atoms with Crippen LogP contribution in [0.1, 0.15) is 93.4 Å². The van der Waals surface area contributed by atoms with Crippen LogP contribution in [0.3, 0.4) is 0 Å². The van der Waals surface area contributed by atoms with Gasteiger partial charge in [-0.1, -0.05) is 60.1 Å². The van der Waals surface area contributed by atoms with E-state index in [4.69, 9.17) is 28.4 Å². The molecule has 13 N–H and O–H groups in total. The molecule has 0 aromatic heterocycles. The number of hydrogen-bond donors (Lipinski definition) is 13. The minimum absolute atomic E-state index is 0.00810. The van der Waals surface area contributed by atoms with E-state index < -0.39 is 158 Å². The van der Waals surface area contributed by atoms with Crippen LogP contribution in [0.25, 0.3) is 0 Å². The maximum atomic E-state index is 12.8. The van der Waals surface area contributed by atoms with Gasteiger partial charge >= 0.3 is 5.97 Å². The number of carboxylic acid groups (broad SMARTS) is 1. The van der Waals surface area contributed by atoms with E-state index in [-0.39, 0.29) is 28.6 Å². The smallest absolute Gasteiger partial charge is 0.335 e. The standard InChI is InChI=1S/C47H76O20/c1-42(2)14-20-19-8-9-24-44(5)12-11-26(43(3,4)23(44)10-13-45(24,6)46(19,7)15-25(51)47(20,18-50)37(59)36(42)58)64-41-35(67-40-31(56)29(54)27(52)21(16-48)62-40)33(32(57)34(66-41)38(60)61)65-39-30(55)28(53)22(17-49)63-39/h8,20-37,39-41,48-59H,9-18H2,1-7H3,(H,60,61). The molecule has 3 aliphatic heterocycles. The van der Waals surface area contributed by atoms with Gasteiger partial charge in [-0.05, 0) is 89.8 Å². The van der Waals surface area contributed by atoms with Crippen molar-refractivity contribution in [3.63, 3.8) is 0 Å². The van der Waals surface area contributed by atoms with Gasteiger partial charge in [0.15, 0.2) is 25.0 Å². The molecular weight excluding hydrogens is 884 g/mol. The van der Waals surface area contributed by atoms with Crippen molar-refractivity contribution in [1.29, 1.82) is 0 Å². The van der Waals surface area contributed by atoms with Gasteiger partial charge in [-0.15, -0.1) is 0 Å². The van der Waals surface area contributed by atoms with E-state index in [2.05, 4.69) is 40.7 Å². The first-order valence-corrected chi connectivity index (χ1v) is 24.0. The summed E-state index contributed by atoms with van der Waals surface area (Å²) in [7, 11) is 0. The minimum Gasteiger partial charge on any atom is -0.479 e. The van der Waals surface area contributed by atoms with E-state index in [9.17, 15) is 71.2 Å². The largest absolute Gasteiger partial charge is 0.479 e. The third-order valence-electron chi connectivity index (χ3n) is 19.3. The van der Waals surface area contributed by atoms with Crippen LogP contribution in [-0.2, 0) is 33.2 Å². The minimum atomic E-state index is -2.08. The Morgan fingerprint density at radius 2 is 1.24 bits per heavy atom. The molecule has 3 heterocycles. The molecule has 0 aromatic rings. The number of fused-ring (bicyclic) bond motifs is 7. The summed E-state index contributed by atoms with van der Waals surface area (Å²) in [4.78, 5) is 12.8. The Kier molecular flexibility index (Phi) is 13.9. The lowest BCUT2D eigenvalue weighted by molar-refractivity contribution is -0.386. The van der Waals surface area contributed by atoms with Crippen LogP contribution < -0.4 is 0 Å². The second kappa shape index (κ2) is 17.9. The highest BCUT2D eigenvalue weighted by molar-refractivity contribution is 5.73. The van der Waals surface area contributed by atoms with Crippen molar-refractivity contribution in [2.24, 2.45) is 50.2 Å². The van der Waals surface area contributed by atoms with Crippen LogP contribution in [0.15, 0.2) is 11.6 Å². The molecule has 20 heteroatoms. The summed E-state index contributed by atoms with van der Waals surface area (Å²) in [5, 5.41) is 141. The molecule has 7 fully saturated rings. The van der Waals surface area contributed by atoms with Crippen molar-refractivity contribution in [2.75, 3.05) is 19.8 Å². The van der Waals surface area contributed by atoms with Gasteiger partial charge in [0.05, 0.1) is 49.7 Å². The number of carbonyl (C=O) groups is 1. The Labute approximate surface area is 390 Å². The van der Waals surface area contributed by atoms with E-state index in [0.717, 1.165) is 18.4 Å². The van der Waals surface area contributed by atoms with Crippen LogP contribution in [0.2, 0.25) is 0 Å². The molecule has 4 saturated carbocycles. The van der Waals surface area contributed by atoms with Crippen LogP contribution in [0.5, 0.6) is 0 Å². The monoisotopic (exact) mass is 960 g/mol. The average Bonchev–Trinajstić information content (AvgIpc) is 3.53. The lowest BCUT2D eigenvalue weighted by atomic mass is 9.33. The zero-order chi connectivity index (χ0) is 49.3. The SMILES string of the molecule is CC1(C)CC2C3=CCC4C5(C)CCC(OC6OC(C(=O)O)C(O)C(OC7OC(CO)C(O)C7O)C6OC6OC(CO)C(O)C(O)C6O)C(C)(C)C5CCC4(C)C3(C)CC(O)C2(CO)C(O)C1O. The zero-order valence-electron chi connectivity index (χ0n) is 39.4. The molecule has 20 nitrogen and oxygen atoms in total. The predicted octanol–water partition coefficient (Wildman–Crippen LogP) is -1.74.